The Bertz CT molecular complexity index is 387. The maximum atomic E-state index is 2.61. The first-order valence-corrected chi connectivity index (χ1v) is 8.84. The van der Waals surface area contributed by atoms with Gasteiger partial charge in [0.05, 0.1) is 0 Å². The van der Waals surface area contributed by atoms with E-state index in [-0.39, 0.29) is 0 Å². The lowest BCUT2D eigenvalue weighted by Gasteiger charge is -2.50. The van der Waals surface area contributed by atoms with Crippen LogP contribution in [0.1, 0.15) is 79.6 Å². The highest BCUT2D eigenvalue weighted by Crippen LogP contribution is 2.54. The van der Waals surface area contributed by atoms with Crippen LogP contribution >= 0.6 is 0 Å². The Labute approximate surface area is 126 Å². The maximum absolute atomic E-state index is 2.61. The van der Waals surface area contributed by atoms with E-state index in [1.807, 2.05) is 5.57 Å². The summed E-state index contributed by atoms with van der Waals surface area (Å²) in [5.41, 5.74) is 3.94. The third-order valence-corrected chi connectivity index (χ3v) is 6.34. The fourth-order valence-electron chi connectivity index (χ4n) is 4.62. The molecular formula is C20H34. The number of hydrogen-bond donors (Lipinski definition) is 0. The Balaban J connectivity index is 2.15. The molecule has 0 heteroatoms. The minimum absolute atomic E-state index is 0.529. The van der Waals surface area contributed by atoms with E-state index in [4.69, 9.17) is 0 Å². The summed E-state index contributed by atoms with van der Waals surface area (Å²) < 4.78 is 0. The molecule has 0 nitrogen and oxygen atoms in total. The number of hydrogen-bond acceptors (Lipinski definition) is 0. The van der Waals surface area contributed by atoms with Crippen LogP contribution in [-0.2, 0) is 0 Å². The molecule has 0 aromatic rings. The van der Waals surface area contributed by atoms with Crippen LogP contribution in [0.2, 0.25) is 0 Å². The molecule has 1 saturated carbocycles. The first-order chi connectivity index (χ1) is 9.49. The van der Waals surface area contributed by atoms with Crippen molar-refractivity contribution >= 4 is 0 Å². The van der Waals surface area contributed by atoms with Gasteiger partial charge in [-0.15, -0.1) is 0 Å². The lowest BCUT2D eigenvalue weighted by Crippen LogP contribution is -2.41. The number of allylic oxidation sites excluding steroid dienone is 4. The average molecular weight is 274 g/mol. The van der Waals surface area contributed by atoms with Crippen LogP contribution in [0.3, 0.4) is 0 Å². The first kappa shape index (κ1) is 15.9. The largest absolute Gasteiger partial charge is 0.0859 e. The van der Waals surface area contributed by atoms with E-state index in [9.17, 15) is 0 Å². The molecule has 1 fully saturated rings. The molecule has 4 atom stereocenters. The lowest BCUT2D eigenvalue weighted by molar-refractivity contribution is 0.0738. The second-order valence-electron chi connectivity index (χ2n) is 7.69. The summed E-state index contributed by atoms with van der Waals surface area (Å²) >= 11 is 0. The lowest BCUT2D eigenvalue weighted by atomic mass is 9.55. The van der Waals surface area contributed by atoms with Crippen molar-refractivity contribution in [3.63, 3.8) is 0 Å². The molecule has 2 rings (SSSR count). The van der Waals surface area contributed by atoms with Crippen LogP contribution in [0.4, 0.5) is 0 Å². The van der Waals surface area contributed by atoms with Crippen LogP contribution in [0.5, 0.6) is 0 Å². The first-order valence-electron chi connectivity index (χ1n) is 8.84. The van der Waals surface area contributed by atoms with E-state index < -0.39 is 0 Å². The van der Waals surface area contributed by atoms with Crippen LogP contribution < -0.4 is 0 Å². The minimum atomic E-state index is 0.529. The minimum Gasteiger partial charge on any atom is -0.0859 e. The highest BCUT2D eigenvalue weighted by atomic mass is 14.5. The molecule has 0 aromatic carbocycles. The van der Waals surface area contributed by atoms with E-state index in [0.717, 1.165) is 17.8 Å². The Morgan fingerprint density at radius 3 is 2.80 bits per heavy atom. The maximum Gasteiger partial charge on any atom is -0.0144 e. The smallest absolute Gasteiger partial charge is 0.0144 e. The molecule has 0 spiro atoms. The zero-order valence-electron chi connectivity index (χ0n) is 14.3. The summed E-state index contributed by atoms with van der Waals surface area (Å²) in [6.45, 7) is 12.1. The van der Waals surface area contributed by atoms with E-state index in [2.05, 4.69) is 46.8 Å². The molecule has 114 valence electrons. The average Bonchev–Trinajstić information content (AvgIpc) is 2.42. The van der Waals surface area contributed by atoms with Crippen molar-refractivity contribution in [1.82, 2.24) is 0 Å². The molecule has 0 unspecified atom stereocenters. The topological polar surface area (TPSA) is 0 Å². The summed E-state index contributed by atoms with van der Waals surface area (Å²) in [6.07, 6.45) is 14.5. The van der Waals surface area contributed by atoms with Gasteiger partial charge < -0.3 is 0 Å². The summed E-state index contributed by atoms with van der Waals surface area (Å²) in [7, 11) is 0. The SMILES string of the molecule is CC/C=C(\C)CC[C@@]1(C)[C@@H]2CCC[C@@H](C)C2=CC[C@@H]1C. The summed E-state index contributed by atoms with van der Waals surface area (Å²) in [5, 5.41) is 0. The molecule has 0 N–H and O–H groups in total. The zero-order chi connectivity index (χ0) is 14.8. The van der Waals surface area contributed by atoms with Crippen LogP contribution in [0, 0.1) is 23.2 Å². The second-order valence-corrected chi connectivity index (χ2v) is 7.69. The van der Waals surface area contributed by atoms with Gasteiger partial charge in [-0.25, -0.2) is 0 Å². The zero-order valence-corrected chi connectivity index (χ0v) is 14.3. The standard InChI is InChI=1S/C20H34/c1-6-8-15(2)13-14-20(5)17(4)11-12-18-16(3)9-7-10-19(18)20/h8,12,16-17,19H,6-7,9-11,13-14H2,1-5H3/b15-8+/t16-,17+,19-,20-/m1/s1. The highest BCUT2D eigenvalue weighted by Gasteiger charge is 2.44. The fourth-order valence-corrected chi connectivity index (χ4v) is 4.62. The monoisotopic (exact) mass is 274 g/mol. The van der Waals surface area contributed by atoms with Crippen molar-refractivity contribution in [3.8, 4) is 0 Å². The molecule has 0 aliphatic heterocycles. The van der Waals surface area contributed by atoms with Gasteiger partial charge in [0.15, 0.2) is 0 Å². The highest BCUT2D eigenvalue weighted by molar-refractivity contribution is 5.21. The Morgan fingerprint density at radius 2 is 2.10 bits per heavy atom. The number of fused-ring (bicyclic) bond motifs is 1. The molecule has 0 amide bonds. The van der Waals surface area contributed by atoms with E-state index in [0.29, 0.717) is 5.41 Å². The van der Waals surface area contributed by atoms with Crippen molar-refractivity contribution in [2.24, 2.45) is 23.2 Å². The van der Waals surface area contributed by atoms with Crippen molar-refractivity contribution in [1.29, 1.82) is 0 Å². The summed E-state index contributed by atoms with van der Waals surface area (Å²) in [4.78, 5) is 0. The van der Waals surface area contributed by atoms with Gasteiger partial charge in [-0.05, 0) is 68.6 Å². The quantitative estimate of drug-likeness (QED) is 0.511. The van der Waals surface area contributed by atoms with E-state index in [1.54, 1.807) is 5.57 Å². The molecule has 0 aromatic heterocycles. The van der Waals surface area contributed by atoms with Gasteiger partial charge in [0.1, 0.15) is 0 Å². The van der Waals surface area contributed by atoms with Crippen molar-refractivity contribution in [2.45, 2.75) is 79.6 Å². The van der Waals surface area contributed by atoms with Crippen molar-refractivity contribution in [3.05, 3.63) is 23.3 Å². The molecule has 0 bridgehead atoms. The molecule has 0 radical (unpaired) electrons. The summed E-state index contributed by atoms with van der Waals surface area (Å²) in [5.74, 6) is 2.55. The Morgan fingerprint density at radius 1 is 1.35 bits per heavy atom. The molecular weight excluding hydrogens is 240 g/mol. The third kappa shape index (κ3) is 3.05. The van der Waals surface area contributed by atoms with Gasteiger partial charge in [-0.1, -0.05) is 57.4 Å². The predicted molar refractivity (Wildman–Crippen MR) is 89.8 cm³/mol. The van der Waals surface area contributed by atoms with Crippen LogP contribution in [0.25, 0.3) is 0 Å². The van der Waals surface area contributed by atoms with E-state index >= 15 is 0 Å². The number of rotatable bonds is 4. The van der Waals surface area contributed by atoms with Crippen LogP contribution in [-0.4, -0.2) is 0 Å². The van der Waals surface area contributed by atoms with E-state index in [1.165, 1.54) is 44.9 Å². The molecule has 0 heterocycles. The summed E-state index contributed by atoms with van der Waals surface area (Å²) in [6, 6.07) is 0. The van der Waals surface area contributed by atoms with Gasteiger partial charge >= 0.3 is 0 Å². The van der Waals surface area contributed by atoms with Gasteiger partial charge in [-0.3, -0.25) is 0 Å². The molecule has 2 aliphatic rings. The normalized spacial score (nSPS) is 38.4. The Hall–Kier alpha value is -0.520. The fraction of sp³-hybridized carbons (Fsp3) is 0.800. The molecule has 20 heavy (non-hydrogen) atoms. The third-order valence-electron chi connectivity index (χ3n) is 6.34. The van der Waals surface area contributed by atoms with Crippen molar-refractivity contribution in [2.75, 3.05) is 0 Å². The van der Waals surface area contributed by atoms with Crippen molar-refractivity contribution < 1.29 is 0 Å². The molecule has 0 saturated heterocycles. The van der Waals surface area contributed by atoms with Gasteiger partial charge in [0, 0.05) is 0 Å². The second kappa shape index (κ2) is 6.50. The Kier molecular flexibility index (Phi) is 5.15. The predicted octanol–water partition coefficient (Wildman–Crippen LogP) is 6.53. The van der Waals surface area contributed by atoms with Gasteiger partial charge in [0.2, 0.25) is 0 Å². The van der Waals surface area contributed by atoms with Crippen LogP contribution in [0.15, 0.2) is 23.3 Å². The molecule has 2 aliphatic carbocycles. The van der Waals surface area contributed by atoms with Gasteiger partial charge in [-0.2, -0.15) is 0 Å². The van der Waals surface area contributed by atoms with Gasteiger partial charge in [0.25, 0.3) is 0 Å².